The first-order chi connectivity index (χ1) is 17.6. The number of phenols is 1. The standard InChI is InChI=1S/C29H31N3O5/c1-17-5-6-19(15-18(17)2)7-10-24(34)31(4)21-11-12-29(32(35)36)23-16-20-8-9-22(33)26-25(20)28(29,27(21)37-26)13-14-30(23)3/h5-6,8-9,15,21,23,27,33H,11-14,16H2,1-4H3/t21-,23-,27+,28+,29-/m1/s1. The van der Waals surface area contributed by atoms with E-state index in [9.17, 15) is 20.0 Å². The lowest BCUT2D eigenvalue weighted by Crippen LogP contribution is -2.80. The lowest BCUT2D eigenvalue weighted by molar-refractivity contribution is -0.605. The minimum Gasteiger partial charge on any atom is -0.504 e. The van der Waals surface area contributed by atoms with Crippen molar-refractivity contribution < 1.29 is 19.6 Å². The molecule has 2 fully saturated rings. The molecule has 2 heterocycles. The predicted octanol–water partition coefficient (Wildman–Crippen LogP) is 2.96. The molecule has 5 atom stereocenters. The number of phenolic OH excluding ortho intramolecular Hbond substituents is 1. The lowest BCUT2D eigenvalue weighted by Gasteiger charge is -2.60. The molecule has 37 heavy (non-hydrogen) atoms. The number of aryl methyl sites for hydroxylation is 2. The van der Waals surface area contributed by atoms with Gasteiger partial charge in [-0.25, -0.2) is 0 Å². The fourth-order valence-corrected chi connectivity index (χ4v) is 7.68. The quantitative estimate of drug-likeness (QED) is 0.386. The first kappa shape index (κ1) is 23.8. The molecule has 6 rings (SSSR count). The Balaban J connectivity index is 1.42. The average Bonchev–Trinajstić information content (AvgIpc) is 3.23. The topological polar surface area (TPSA) is 96.2 Å². The van der Waals surface area contributed by atoms with Crippen molar-refractivity contribution in [3.05, 3.63) is 68.3 Å². The largest absolute Gasteiger partial charge is 0.504 e. The molecule has 2 aliphatic heterocycles. The van der Waals surface area contributed by atoms with Crippen LogP contribution in [-0.2, 0) is 16.6 Å². The Bertz CT molecular complexity index is 1410. The summed E-state index contributed by atoms with van der Waals surface area (Å²) in [5.74, 6) is 5.76. The van der Waals surface area contributed by atoms with Crippen LogP contribution in [0, 0.1) is 35.8 Å². The Morgan fingerprint density at radius 2 is 2.03 bits per heavy atom. The van der Waals surface area contributed by atoms with E-state index in [1.807, 2.05) is 45.2 Å². The normalized spacial score (nSPS) is 31.0. The number of carbonyl (C=O) groups excluding carboxylic acids is 1. The summed E-state index contributed by atoms with van der Waals surface area (Å²) in [4.78, 5) is 29.9. The molecule has 8 nitrogen and oxygen atoms in total. The third-order valence-electron chi connectivity index (χ3n) is 9.66. The number of rotatable bonds is 2. The Morgan fingerprint density at radius 3 is 2.76 bits per heavy atom. The van der Waals surface area contributed by atoms with E-state index in [0.717, 1.165) is 27.8 Å². The molecule has 0 aromatic heterocycles. The maximum absolute atomic E-state index is 13.3. The molecule has 1 amide bonds. The fourth-order valence-electron chi connectivity index (χ4n) is 7.68. The number of piperidine rings is 1. The third kappa shape index (κ3) is 2.98. The highest BCUT2D eigenvalue weighted by atomic mass is 16.6. The molecule has 2 aromatic carbocycles. The Hall–Kier alpha value is -3.57. The molecule has 1 saturated heterocycles. The Morgan fingerprint density at radius 1 is 1.24 bits per heavy atom. The fraction of sp³-hybridized carbons (Fsp3) is 0.483. The number of ether oxygens (including phenoxy) is 1. The van der Waals surface area contributed by atoms with Gasteiger partial charge in [0.25, 0.3) is 11.4 Å². The van der Waals surface area contributed by atoms with Crippen LogP contribution in [0.5, 0.6) is 11.5 Å². The molecule has 4 aliphatic rings. The first-order valence-corrected chi connectivity index (χ1v) is 12.8. The molecular formula is C29H31N3O5. The molecule has 0 radical (unpaired) electrons. The van der Waals surface area contributed by atoms with Crippen LogP contribution in [-0.4, -0.2) is 70.1 Å². The van der Waals surface area contributed by atoms with Gasteiger partial charge in [-0.15, -0.1) is 0 Å². The highest BCUT2D eigenvalue weighted by molar-refractivity contribution is 5.94. The summed E-state index contributed by atoms with van der Waals surface area (Å²) in [7, 11) is 3.67. The molecule has 2 aliphatic carbocycles. The van der Waals surface area contributed by atoms with E-state index < -0.39 is 23.1 Å². The van der Waals surface area contributed by atoms with Crippen molar-refractivity contribution >= 4 is 5.91 Å². The zero-order valence-corrected chi connectivity index (χ0v) is 21.6. The number of nitro groups is 1. The molecule has 1 spiro atoms. The van der Waals surface area contributed by atoms with E-state index in [0.29, 0.717) is 38.0 Å². The summed E-state index contributed by atoms with van der Waals surface area (Å²) in [6, 6.07) is 8.66. The number of nitrogens with zero attached hydrogens (tertiary/aromatic N) is 3. The van der Waals surface area contributed by atoms with E-state index in [4.69, 9.17) is 4.74 Å². The molecule has 8 heteroatoms. The minimum atomic E-state index is -1.25. The smallest absolute Gasteiger partial charge is 0.298 e. The number of likely N-dealkylation sites (tertiary alicyclic amines) is 1. The lowest BCUT2D eigenvalue weighted by atomic mass is 9.47. The van der Waals surface area contributed by atoms with E-state index in [2.05, 4.69) is 16.7 Å². The van der Waals surface area contributed by atoms with Gasteiger partial charge < -0.3 is 14.7 Å². The maximum atomic E-state index is 13.3. The van der Waals surface area contributed by atoms with Gasteiger partial charge in [0.15, 0.2) is 11.5 Å². The zero-order chi connectivity index (χ0) is 26.3. The summed E-state index contributed by atoms with van der Waals surface area (Å²) < 4.78 is 6.48. The van der Waals surface area contributed by atoms with Gasteiger partial charge in [-0.3, -0.25) is 19.8 Å². The van der Waals surface area contributed by atoms with E-state index in [1.165, 1.54) is 0 Å². The highest BCUT2D eigenvalue weighted by Gasteiger charge is 2.80. The van der Waals surface area contributed by atoms with Crippen molar-refractivity contribution in [1.82, 2.24) is 9.80 Å². The van der Waals surface area contributed by atoms with Gasteiger partial charge in [0.1, 0.15) is 11.5 Å². The number of aromatic hydroxyl groups is 1. The highest BCUT2D eigenvalue weighted by Crippen LogP contribution is 2.66. The van der Waals surface area contributed by atoms with Gasteiger partial charge in [0.05, 0.1) is 12.1 Å². The van der Waals surface area contributed by atoms with Crippen molar-refractivity contribution in [2.75, 3.05) is 20.6 Å². The van der Waals surface area contributed by atoms with Crippen LogP contribution in [0.15, 0.2) is 30.3 Å². The van der Waals surface area contributed by atoms with Gasteiger partial charge in [0, 0.05) is 35.4 Å². The number of carbonyl (C=O) groups is 1. The second-order valence-corrected chi connectivity index (χ2v) is 11.2. The number of hydrogen-bond acceptors (Lipinski definition) is 6. The number of likely N-dealkylation sites (N-methyl/N-ethyl adjacent to an activating group) is 2. The maximum Gasteiger partial charge on any atom is 0.298 e. The second-order valence-electron chi connectivity index (χ2n) is 11.2. The van der Waals surface area contributed by atoms with Crippen molar-refractivity contribution in [2.24, 2.45) is 0 Å². The van der Waals surface area contributed by atoms with Crippen LogP contribution in [0.2, 0.25) is 0 Å². The van der Waals surface area contributed by atoms with Crippen LogP contribution < -0.4 is 4.74 Å². The van der Waals surface area contributed by atoms with Crippen LogP contribution in [0.4, 0.5) is 0 Å². The van der Waals surface area contributed by atoms with Crippen LogP contribution in [0.25, 0.3) is 0 Å². The van der Waals surface area contributed by atoms with Crippen LogP contribution >= 0.6 is 0 Å². The Kier molecular flexibility index (Phi) is 5.12. The number of benzene rings is 2. The van der Waals surface area contributed by atoms with E-state index >= 15 is 0 Å². The van der Waals surface area contributed by atoms with Gasteiger partial charge in [0.2, 0.25) is 0 Å². The van der Waals surface area contributed by atoms with Crippen molar-refractivity contribution in [1.29, 1.82) is 0 Å². The van der Waals surface area contributed by atoms with Crippen molar-refractivity contribution in [3.63, 3.8) is 0 Å². The average molecular weight is 502 g/mol. The number of hydrogen-bond donors (Lipinski definition) is 1. The monoisotopic (exact) mass is 501 g/mol. The first-order valence-electron chi connectivity index (χ1n) is 12.8. The summed E-state index contributed by atoms with van der Waals surface area (Å²) in [6.07, 6.45) is 1.19. The molecule has 1 N–H and O–H groups in total. The summed E-state index contributed by atoms with van der Waals surface area (Å²) in [5.41, 5.74) is 2.64. The van der Waals surface area contributed by atoms with Crippen molar-refractivity contribution in [2.45, 2.75) is 68.7 Å². The van der Waals surface area contributed by atoms with Crippen molar-refractivity contribution in [3.8, 4) is 23.3 Å². The second kappa shape index (κ2) is 7.96. The van der Waals surface area contributed by atoms with Gasteiger partial charge in [-0.05, 0) is 81.6 Å². The van der Waals surface area contributed by atoms with Gasteiger partial charge >= 0.3 is 0 Å². The summed E-state index contributed by atoms with van der Waals surface area (Å²) >= 11 is 0. The molecular weight excluding hydrogens is 470 g/mol. The van der Waals surface area contributed by atoms with Crippen LogP contribution in [0.3, 0.4) is 0 Å². The number of amides is 1. The van der Waals surface area contributed by atoms with E-state index in [-0.39, 0.29) is 22.6 Å². The third-order valence-corrected chi connectivity index (χ3v) is 9.66. The predicted molar refractivity (Wildman–Crippen MR) is 137 cm³/mol. The van der Waals surface area contributed by atoms with Gasteiger partial charge in [-0.1, -0.05) is 18.1 Å². The van der Waals surface area contributed by atoms with E-state index in [1.54, 1.807) is 18.0 Å². The van der Waals surface area contributed by atoms with Gasteiger partial charge in [-0.2, -0.15) is 0 Å². The zero-order valence-electron chi connectivity index (χ0n) is 21.6. The molecule has 2 aromatic rings. The Labute approximate surface area is 216 Å². The molecule has 0 unspecified atom stereocenters. The SMILES string of the molecule is Cc1ccc(C#CC(=O)N(C)[C@@H]2CC[C@@]3([N+](=O)[O-])[C@H]4Cc5ccc(O)c6c5[C@@]3(CCN4C)[C@H]2O6)cc1C. The molecule has 1 saturated carbocycles. The van der Waals surface area contributed by atoms with Crippen LogP contribution in [0.1, 0.15) is 47.1 Å². The molecule has 2 bridgehead atoms. The summed E-state index contributed by atoms with van der Waals surface area (Å²) in [6.45, 7) is 4.72. The molecule has 192 valence electrons. The summed E-state index contributed by atoms with van der Waals surface area (Å²) in [5, 5.41) is 23.8. The minimum absolute atomic E-state index is 0.000543.